The summed E-state index contributed by atoms with van der Waals surface area (Å²) in [4.78, 5) is 12.2. The van der Waals surface area contributed by atoms with Gasteiger partial charge in [0.25, 0.3) is 5.91 Å². The fourth-order valence-electron chi connectivity index (χ4n) is 2.35. The summed E-state index contributed by atoms with van der Waals surface area (Å²) < 4.78 is 20.6. The molecule has 0 bridgehead atoms. The van der Waals surface area contributed by atoms with Crippen molar-refractivity contribution in [1.82, 2.24) is 4.57 Å². The molecule has 0 aliphatic carbocycles. The highest BCUT2D eigenvalue weighted by Gasteiger charge is 2.09. The summed E-state index contributed by atoms with van der Waals surface area (Å²) in [6.07, 6.45) is 1.81. The lowest BCUT2D eigenvalue weighted by Gasteiger charge is -2.10. The van der Waals surface area contributed by atoms with Crippen molar-refractivity contribution in [1.29, 1.82) is 0 Å². The number of nitrogens with one attached hydrogen (secondary N) is 1. The van der Waals surface area contributed by atoms with E-state index in [-0.39, 0.29) is 18.3 Å². The molecule has 1 amide bonds. The summed E-state index contributed by atoms with van der Waals surface area (Å²) in [5, 5.41) is 2.83. The van der Waals surface area contributed by atoms with Crippen molar-refractivity contribution in [3.05, 3.63) is 83.9 Å². The van der Waals surface area contributed by atoms with Gasteiger partial charge in [-0.25, -0.2) is 4.39 Å². The van der Waals surface area contributed by atoms with Crippen LogP contribution < -0.4 is 10.1 Å². The molecular weight excluding hydrogens is 307 g/mol. The zero-order valence-corrected chi connectivity index (χ0v) is 13.2. The lowest BCUT2D eigenvalue weighted by atomic mass is 10.2. The van der Waals surface area contributed by atoms with Crippen LogP contribution in [0.15, 0.2) is 66.9 Å². The zero-order chi connectivity index (χ0) is 16.9. The van der Waals surface area contributed by atoms with Gasteiger partial charge < -0.3 is 14.6 Å². The van der Waals surface area contributed by atoms with Gasteiger partial charge >= 0.3 is 0 Å². The molecule has 0 atom stereocenters. The van der Waals surface area contributed by atoms with Crippen LogP contribution in [-0.4, -0.2) is 10.5 Å². The molecular formula is C19H17FN2O2. The Bertz CT molecular complexity index is 858. The quantitative estimate of drug-likeness (QED) is 0.771. The number of amides is 1. The van der Waals surface area contributed by atoms with E-state index in [2.05, 4.69) is 5.32 Å². The van der Waals surface area contributed by atoms with Crippen LogP contribution in [0.5, 0.6) is 5.75 Å². The van der Waals surface area contributed by atoms with Gasteiger partial charge in [-0.2, -0.15) is 0 Å². The lowest BCUT2D eigenvalue weighted by molar-refractivity contribution is 0.101. The minimum absolute atomic E-state index is 0.190. The third-order valence-corrected chi connectivity index (χ3v) is 3.56. The number of aryl methyl sites for hydroxylation is 1. The van der Waals surface area contributed by atoms with E-state index in [4.69, 9.17) is 4.74 Å². The van der Waals surface area contributed by atoms with Gasteiger partial charge in [-0.15, -0.1) is 0 Å². The number of anilines is 1. The molecule has 3 rings (SSSR count). The molecule has 0 aliphatic rings. The Balaban J connectivity index is 1.66. The Morgan fingerprint density at radius 3 is 2.71 bits per heavy atom. The Kier molecular flexibility index (Phi) is 4.61. The van der Waals surface area contributed by atoms with E-state index >= 15 is 0 Å². The molecule has 1 aromatic heterocycles. The molecule has 0 spiro atoms. The third-order valence-electron chi connectivity index (χ3n) is 3.56. The van der Waals surface area contributed by atoms with Gasteiger partial charge in [-0.1, -0.05) is 18.2 Å². The average Bonchev–Trinajstić information content (AvgIpc) is 3.00. The van der Waals surface area contributed by atoms with E-state index in [1.807, 2.05) is 19.3 Å². The minimum atomic E-state index is -0.292. The van der Waals surface area contributed by atoms with E-state index in [9.17, 15) is 9.18 Å². The Hall–Kier alpha value is -3.08. The number of nitrogens with zero attached hydrogens (tertiary/aromatic N) is 1. The second-order valence-corrected chi connectivity index (χ2v) is 5.40. The first-order chi connectivity index (χ1) is 11.6. The number of aromatic nitrogens is 1. The van der Waals surface area contributed by atoms with E-state index in [1.165, 1.54) is 12.1 Å². The van der Waals surface area contributed by atoms with Crippen LogP contribution in [0.4, 0.5) is 10.1 Å². The first kappa shape index (κ1) is 15.8. The van der Waals surface area contributed by atoms with E-state index in [0.717, 1.165) is 5.56 Å². The zero-order valence-electron chi connectivity index (χ0n) is 13.2. The van der Waals surface area contributed by atoms with Crippen molar-refractivity contribution in [3.8, 4) is 5.75 Å². The average molecular weight is 324 g/mol. The number of benzene rings is 2. The van der Waals surface area contributed by atoms with Crippen LogP contribution in [0.25, 0.3) is 0 Å². The fourth-order valence-corrected chi connectivity index (χ4v) is 2.35. The summed E-state index contributed by atoms with van der Waals surface area (Å²) in [6.45, 7) is 0.257. The molecule has 24 heavy (non-hydrogen) atoms. The summed E-state index contributed by atoms with van der Waals surface area (Å²) >= 11 is 0. The van der Waals surface area contributed by atoms with Crippen molar-refractivity contribution >= 4 is 11.6 Å². The predicted molar refractivity (Wildman–Crippen MR) is 90.5 cm³/mol. The number of carbonyl (C=O) groups is 1. The molecule has 0 aliphatic heterocycles. The van der Waals surface area contributed by atoms with Gasteiger partial charge in [0, 0.05) is 25.0 Å². The van der Waals surface area contributed by atoms with Gasteiger partial charge in [0.15, 0.2) is 0 Å². The second-order valence-electron chi connectivity index (χ2n) is 5.40. The van der Waals surface area contributed by atoms with Gasteiger partial charge in [-0.05, 0) is 42.0 Å². The lowest BCUT2D eigenvalue weighted by Crippen LogP contribution is -2.15. The fraction of sp³-hybridized carbons (Fsp3) is 0.105. The number of halogens is 1. The highest BCUT2D eigenvalue weighted by atomic mass is 19.1. The Labute approximate surface area is 139 Å². The largest absolute Gasteiger partial charge is 0.489 e. The van der Waals surface area contributed by atoms with Gasteiger partial charge in [0.05, 0.1) is 0 Å². The summed E-state index contributed by atoms with van der Waals surface area (Å²) in [6, 6.07) is 16.9. The van der Waals surface area contributed by atoms with Crippen molar-refractivity contribution in [2.45, 2.75) is 6.61 Å². The Morgan fingerprint density at radius 2 is 1.96 bits per heavy atom. The van der Waals surface area contributed by atoms with Crippen LogP contribution in [0.3, 0.4) is 0 Å². The van der Waals surface area contributed by atoms with E-state index in [1.54, 1.807) is 47.0 Å². The van der Waals surface area contributed by atoms with Crippen molar-refractivity contribution in [2.75, 3.05) is 5.32 Å². The molecule has 0 fully saturated rings. The maximum absolute atomic E-state index is 13.2. The summed E-state index contributed by atoms with van der Waals surface area (Å²) in [5.41, 5.74) is 1.95. The van der Waals surface area contributed by atoms with Crippen LogP contribution in [0, 0.1) is 5.82 Å². The normalized spacial score (nSPS) is 10.4. The van der Waals surface area contributed by atoms with Crippen LogP contribution in [0.2, 0.25) is 0 Å². The maximum atomic E-state index is 13.2. The van der Waals surface area contributed by atoms with Crippen molar-refractivity contribution in [2.24, 2.45) is 7.05 Å². The van der Waals surface area contributed by atoms with E-state index in [0.29, 0.717) is 17.1 Å². The highest BCUT2D eigenvalue weighted by Crippen LogP contribution is 2.19. The van der Waals surface area contributed by atoms with Crippen molar-refractivity contribution < 1.29 is 13.9 Å². The molecule has 0 radical (unpaired) electrons. The van der Waals surface area contributed by atoms with Gasteiger partial charge in [0.1, 0.15) is 23.9 Å². The molecule has 122 valence electrons. The van der Waals surface area contributed by atoms with Crippen molar-refractivity contribution in [3.63, 3.8) is 0 Å². The molecule has 3 aromatic rings. The molecule has 4 nitrogen and oxygen atoms in total. The van der Waals surface area contributed by atoms with Crippen LogP contribution in [-0.2, 0) is 13.7 Å². The SMILES string of the molecule is Cn1cccc1C(=O)Nc1cccc(OCc2cccc(F)c2)c1. The Morgan fingerprint density at radius 1 is 1.12 bits per heavy atom. The first-order valence-corrected chi connectivity index (χ1v) is 7.52. The van der Waals surface area contributed by atoms with E-state index < -0.39 is 0 Å². The van der Waals surface area contributed by atoms with Crippen LogP contribution >= 0.6 is 0 Å². The summed E-state index contributed by atoms with van der Waals surface area (Å²) in [5.74, 6) is 0.119. The monoisotopic (exact) mass is 324 g/mol. The number of hydrogen-bond donors (Lipinski definition) is 1. The molecule has 1 heterocycles. The molecule has 5 heteroatoms. The molecule has 0 unspecified atom stereocenters. The number of hydrogen-bond acceptors (Lipinski definition) is 2. The number of rotatable bonds is 5. The molecule has 0 saturated carbocycles. The molecule has 1 N–H and O–H groups in total. The van der Waals surface area contributed by atoms with Gasteiger partial charge in [0.2, 0.25) is 0 Å². The predicted octanol–water partition coefficient (Wildman–Crippen LogP) is 4.00. The molecule has 2 aromatic carbocycles. The van der Waals surface area contributed by atoms with Crippen LogP contribution in [0.1, 0.15) is 16.1 Å². The number of carbonyl (C=O) groups excluding carboxylic acids is 1. The summed E-state index contributed by atoms with van der Waals surface area (Å²) in [7, 11) is 1.81. The second kappa shape index (κ2) is 7.00. The topological polar surface area (TPSA) is 43.3 Å². The smallest absolute Gasteiger partial charge is 0.272 e. The highest BCUT2D eigenvalue weighted by molar-refractivity contribution is 6.03. The molecule has 0 saturated heterocycles. The maximum Gasteiger partial charge on any atom is 0.272 e. The first-order valence-electron chi connectivity index (χ1n) is 7.52. The standard InChI is InChI=1S/C19H17FN2O2/c1-22-10-4-9-18(22)19(23)21-16-7-3-8-17(12-16)24-13-14-5-2-6-15(20)11-14/h2-12H,13H2,1H3,(H,21,23). The third kappa shape index (κ3) is 3.81. The minimum Gasteiger partial charge on any atom is -0.489 e. The number of ether oxygens (including phenoxy) is 1. The van der Waals surface area contributed by atoms with Gasteiger partial charge in [-0.3, -0.25) is 4.79 Å².